The molecular formula is C28H52IO2P. The van der Waals surface area contributed by atoms with Crippen molar-refractivity contribution in [2.75, 3.05) is 6.16 Å². The quantitative estimate of drug-likeness (QED) is 0.134. The second kappa shape index (κ2) is 16.3. The monoisotopic (exact) mass is 578 g/mol. The Kier molecular flexibility index (Phi) is 14.7. The van der Waals surface area contributed by atoms with Gasteiger partial charge in [0.25, 0.3) is 0 Å². The van der Waals surface area contributed by atoms with Gasteiger partial charge in [-0.1, -0.05) is 44.9 Å². The van der Waals surface area contributed by atoms with Crippen molar-refractivity contribution in [2.45, 2.75) is 165 Å². The fraction of sp³-hybridized carbons (Fsp3) is 0.964. The molecule has 0 aromatic heterocycles. The molecule has 0 aromatic carbocycles. The molecule has 0 saturated heterocycles. The van der Waals surface area contributed by atoms with Crippen LogP contribution in [0.4, 0.5) is 0 Å². The van der Waals surface area contributed by atoms with Gasteiger partial charge in [0, 0.05) is 13.7 Å². The number of hydrogen-bond acceptors (Lipinski definition) is 1. The lowest BCUT2D eigenvalue weighted by Gasteiger charge is -2.42. The van der Waals surface area contributed by atoms with Crippen molar-refractivity contribution in [1.29, 1.82) is 0 Å². The van der Waals surface area contributed by atoms with Crippen LogP contribution < -0.4 is 24.0 Å². The minimum Gasteiger partial charge on any atom is -1.00 e. The molecule has 32 heavy (non-hydrogen) atoms. The Morgan fingerprint density at radius 3 is 1.22 bits per heavy atom. The maximum absolute atomic E-state index is 10.5. The number of halogens is 1. The summed E-state index contributed by atoms with van der Waals surface area (Å²) in [7, 11) is -0.765. The summed E-state index contributed by atoms with van der Waals surface area (Å²) in [5.74, 6) is -0.639. The molecule has 0 spiro atoms. The van der Waals surface area contributed by atoms with E-state index in [1.807, 2.05) is 0 Å². The smallest absolute Gasteiger partial charge is 0.303 e. The molecule has 3 saturated carbocycles. The van der Waals surface area contributed by atoms with Gasteiger partial charge in [-0.15, -0.1) is 0 Å². The average molecular weight is 579 g/mol. The van der Waals surface area contributed by atoms with Gasteiger partial charge in [0.2, 0.25) is 0 Å². The molecule has 0 unspecified atom stereocenters. The van der Waals surface area contributed by atoms with E-state index in [4.69, 9.17) is 5.11 Å². The molecule has 0 amide bonds. The molecule has 3 rings (SSSR count). The topological polar surface area (TPSA) is 37.3 Å². The standard InChI is InChI=1S/C28H51O2P.HI/c29-28(30)23-9-7-5-3-1-2-4-6-8-16-24-31(25-17-10-11-18-25,26-19-12-13-20-26)27-21-14-15-22-27;/h25-27H,1-24H2;1H. The van der Waals surface area contributed by atoms with Gasteiger partial charge in [-0.05, 0) is 96.3 Å². The van der Waals surface area contributed by atoms with Gasteiger partial charge in [-0.3, -0.25) is 4.79 Å². The Bertz CT molecular complexity index is 453. The Labute approximate surface area is 217 Å². The largest absolute Gasteiger partial charge is 1.00 e. The fourth-order valence-corrected chi connectivity index (χ4v) is 15.3. The van der Waals surface area contributed by atoms with Crippen molar-refractivity contribution >= 4 is 13.2 Å². The fourth-order valence-electron chi connectivity index (χ4n) is 7.67. The maximum Gasteiger partial charge on any atom is 0.303 e. The van der Waals surface area contributed by atoms with Crippen LogP contribution >= 0.6 is 7.26 Å². The minimum atomic E-state index is -0.765. The molecule has 188 valence electrons. The summed E-state index contributed by atoms with van der Waals surface area (Å²) in [5.41, 5.74) is 3.54. The molecule has 0 bridgehead atoms. The average Bonchev–Trinajstić information content (AvgIpc) is 3.55. The van der Waals surface area contributed by atoms with Crippen molar-refractivity contribution in [2.24, 2.45) is 0 Å². The Hall–Kier alpha value is 0.630. The van der Waals surface area contributed by atoms with E-state index in [1.54, 1.807) is 89.6 Å². The third kappa shape index (κ3) is 8.69. The highest BCUT2D eigenvalue weighted by molar-refractivity contribution is 7.77. The molecule has 0 atom stereocenters. The molecule has 4 heteroatoms. The SMILES string of the molecule is O=C(O)CCCCCCCCCCCC[P+](C1CCCC1)(C1CCCC1)C1CCCC1.[I-]. The zero-order valence-corrected chi connectivity index (χ0v) is 23.9. The van der Waals surface area contributed by atoms with E-state index in [9.17, 15) is 4.79 Å². The highest BCUT2D eigenvalue weighted by Gasteiger charge is 2.57. The van der Waals surface area contributed by atoms with Crippen molar-refractivity contribution in [1.82, 2.24) is 0 Å². The summed E-state index contributed by atoms with van der Waals surface area (Å²) in [5, 5.41) is 8.69. The minimum absolute atomic E-state index is 0. The van der Waals surface area contributed by atoms with Crippen molar-refractivity contribution in [3.8, 4) is 0 Å². The lowest BCUT2D eigenvalue weighted by molar-refractivity contribution is -0.137. The first-order valence-corrected chi connectivity index (χ1v) is 16.5. The van der Waals surface area contributed by atoms with E-state index in [2.05, 4.69) is 0 Å². The van der Waals surface area contributed by atoms with E-state index in [1.165, 1.54) is 61.9 Å². The summed E-state index contributed by atoms with van der Waals surface area (Å²) in [6, 6.07) is 0. The third-order valence-electron chi connectivity index (χ3n) is 9.20. The number of unbranched alkanes of at least 4 members (excludes halogenated alkanes) is 9. The summed E-state index contributed by atoms with van der Waals surface area (Å²) >= 11 is 0. The molecule has 0 heterocycles. The number of aliphatic carboxylic acids is 1. The van der Waals surface area contributed by atoms with Crippen LogP contribution in [0.1, 0.15) is 148 Å². The third-order valence-corrected chi connectivity index (χ3v) is 15.9. The number of carboxylic acids is 1. The Morgan fingerprint density at radius 2 is 0.875 bits per heavy atom. The molecule has 0 aromatic rings. The van der Waals surface area contributed by atoms with Gasteiger partial charge in [-0.25, -0.2) is 0 Å². The zero-order chi connectivity index (χ0) is 21.8. The van der Waals surface area contributed by atoms with Crippen LogP contribution in [0.2, 0.25) is 0 Å². The van der Waals surface area contributed by atoms with Gasteiger partial charge in [0.05, 0.1) is 23.1 Å². The molecule has 1 N–H and O–H groups in total. The van der Waals surface area contributed by atoms with Gasteiger partial charge < -0.3 is 29.1 Å². The highest BCUT2D eigenvalue weighted by atomic mass is 127. The van der Waals surface area contributed by atoms with Crippen LogP contribution in [0.15, 0.2) is 0 Å². The van der Waals surface area contributed by atoms with Crippen LogP contribution in [0.3, 0.4) is 0 Å². The molecule has 3 fully saturated rings. The van der Waals surface area contributed by atoms with E-state index in [0.717, 1.165) is 12.8 Å². The first-order chi connectivity index (χ1) is 15.2. The normalized spacial score (nSPS) is 20.8. The summed E-state index contributed by atoms with van der Waals surface area (Å²) in [6.45, 7) is 0. The van der Waals surface area contributed by atoms with Gasteiger partial charge in [-0.2, -0.15) is 0 Å². The molecule has 3 aliphatic carbocycles. The van der Waals surface area contributed by atoms with E-state index in [0.29, 0.717) is 6.42 Å². The zero-order valence-electron chi connectivity index (χ0n) is 20.9. The van der Waals surface area contributed by atoms with Crippen molar-refractivity contribution in [3.05, 3.63) is 0 Å². The summed E-state index contributed by atoms with van der Waals surface area (Å²) in [6.07, 6.45) is 34.1. The Morgan fingerprint density at radius 1 is 0.562 bits per heavy atom. The van der Waals surface area contributed by atoms with Gasteiger partial charge >= 0.3 is 5.97 Å². The summed E-state index contributed by atoms with van der Waals surface area (Å²) < 4.78 is 0. The lowest BCUT2D eigenvalue weighted by Crippen LogP contribution is -3.00. The van der Waals surface area contributed by atoms with Crippen LogP contribution in [0.25, 0.3) is 0 Å². The van der Waals surface area contributed by atoms with Crippen molar-refractivity contribution < 1.29 is 33.9 Å². The van der Waals surface area contributed by atoms with Crippen LogP contribution in [0, 0.1) is 0 Å². The predicted molar refractivity (Wildman–Crippen MR) is 137 cm³/mol. The first-order valence-electron chi connectivity index (χ1n) is 14.3. The number of carbonyl (C=O) groups is 1. The maximum atomic E-state index is 10.5. The van der Waals surface area contributed by atoms with Gasteiger partial charge in [0.15, 0.2) is 0 Å². The molecule has 0 aliphatic heterocycles. The second-order valence-electron chi connectivity index (χ2n) is 11.2. The molecule has 2 nitrogen and oxygen atoms in total. The predicted octanol–water partition coefficient (Wildman–Crippen LogP) is 6.21. The molecule has 3 aliphatic rings. The van der Waals surface area contributed by atoms with Crippen LogP contribution in [-0.2, 0) is 4.79 Å². The number of carboxylic acid groups (broad SMARTS) is 1. The second-order valence-corrected chi connectivity index (χ2v) is 15.8. The molecule has 0 radical (unpaired) electrons. The number of rotatable bonds is 16. The highest BCUT2D eigenvalue weighted by Crippen LogP contribution is 2.78. The molecular weight excluding hydrogens is 526 g/mol. The van der Waals surface area contributed by atoms with Gasteiger partial charge in [0.1, 0.15) is 0 Å². The summed E-state index contributed by atoms with van der Waals surface area (Å²) in [4.78, 5) is 10.5. The van der Waals surface area contributed by atoms with E-state index < -0.39 is 13.2 Å². The van der Waals surface area contributed by atoms with Crippen LogP contribution in [-0.4, -0.2) is 34.2 Å². The first kappa shape index (κ1) is 28.9. The van der Waals surface area contributed by atoms with E-state index >= 15 is 0 Å². The number of hydrogen-bond donors (Lipinski definition) is 1. The van der Waals surface area contributed by atoms with Crippen LogP contribution in [0.5, 0.6) is 0 Å². The van der Waals surface area contributed by atoms with Crippen molar-refractivity contribution in [3.63, 3.8) is 0 Å². The lowest BCUT2D eigenvalue weighted by atomic mass is 10.1. The Balaban J connectivity index is 0.00000363. The van der Waals surface area contributed by atoms with E-state index in [-0.39, 0.29) is 24.0 Å².